The minimum absolute atomic E-state index is 0.140. The summed E-state index contributed by atoms with van der Waals surface area (Å²) in [6.45, 7) is 8.09. The summed E-state index contributed by atoms with van der Waals surface area (Å²) in [6, 6.07) is 14.7. The Hall–Kier alpha value is -3.22. The first-order valence-corrected chi connectivity index (χ1v) is 15.4. The summed E-state index contributed by atoms with van der Waals surface area (Å²) in [5.41, 5.74) is 4.19. The molecule has 0 aromatic heterocycles. The fourth-order valence-electron chi connectivity index (χ4n) is 4.03. The third kappa shape index (κ3) is 7.99. The largest absolute Gasteiger partial charge is 0.491 e. The standard InChI is InChI=1S/C31H30ClIN2O6S/c1-5-39-26-14-21(13-24(33)29(26)41-17-28(36)34-22-9-8-19(3)23(32)16-22)15-27-30(37)35(31(38)42-27)10-11-40-25-12-18(2)6-7-20(25)4/h6-9,12-16H,5,10-11,17H2,1-4H3,(H,34,36)/b27-15-. The van der Waals surface area contributed by atoms with E-state index < -0.39 is 0 Å². The minimum atomic E-state index is -0.379. The van der Waals surface area contributed by atoms with Crippen LogP contribution in [0, 0.1) is 24.3 Å². The fourth-order valence-corrected chi connectivity index (χ4v) is 5.86. The van der Waals surface area contributed by atoms with Crippen LogP contribution < -0.4 is 19.5 Å². The van der Waals surface area contributed by atoms with Crippen molar-refractivity contribution in [2.24, 2.45) is 0 Å². The lowest BCUT2D eigenvalue weighted by Gasteiger charge is -2.15. The molecule has 1 saturated heterocycles. The van der Waals surface area contributed by atoms with E-state index in [-0.39, 0.29) is 36.8 Å². The number of nitrogens with zero attached hydrogens (tertiary/aromatic N) is 1. The molecule has 4 rings (SSSR count). The van der Waals surface area contributed by atoms with E-state index in [2.05, 4.69) is 27.9 Å². The van der Waals surface area contributed by atoms with Crippen molar-refractivity contribution in [3.8, 4) is 17.2 Å². The molecule has 0 aliphatic carbocycles. The van der Waals surface area contributed by atoms with E-state index in [1.807, 2.05) is 52.0 Å². The number of hydrogen-bond donors (Lipinski definition) is 1. The zero-order valence-corrected chi connectivity index (χ0v) is 27.3. The lowest BCUT2D eigenvalue weighted by Crippen LogP contribution is -2.32. The van der Waals surface area contributed by atoms with Crippen LogP contribution in [0.5, 0.6) is 17.2 Å². The van der Waals surface area contributed by atoms with Crippen LogP contribution in [0.4, 0.5) is 10.5 Å². The SMILES string of the molecule is CCOc1cc(/C=C2\SC(=O)N(CCOc3cc(C)ccc3C)C2=O)cc(I)c1OCC(=O)Nc1ccc(C)c(Cl)c1. The van der Waals surface area contributed by atoms with Crippen LogP contribution >= 0.6 is 46.0 Å². The second kappa shape index (κ2) is 14.3. The summed E-state index contributed by atoms with van der Waals surface area (Å²) >= 11 is 9.12. The molecular weight excluding hydrogens is 691 g/mol. The molecule has 0 unspecified atom stereocenters. The van der Waals surface area contributed by atoms with Crippen molar-refractivity contribution in [3.05, 3.63) is 84.3 Å². The number of hydrogen-bond acceptors (Lipinski definition) is 7. The van der Waals surface area contributed by atoms with Gasteiger partial charge in [0.25, 0.3) is 17.1 Å². The van der Waals surface area contributed by atoms with Gasteiger partial charge in [0.1, 0.15) is 12.4 Å². The molecular formula is C31H30ClIN2O6S. The topological polar surface area (TPSA) is 94.2 Å². The highest BCUT2D eigenvalue weighted by Crippen LogP contribution is 2.37. The first-order chi connectivity index (χ1) is 20.0. The Bertz CT molecular complexity index is 1560. The molecule has 220 valence electrons. The third-order valence-electron chi connectivity index (χ3n) is 6.22. The predicted molar refractivity (Wildman–Crippen MR) is 175 cm³/mol. The zero-order valence-electron chi connectivity index (χ0n) is 23.6. The van der Waals surface area contributed by atoms with E-state index in [0.29, 0.717) is 42.9 Å². The Morgan fingerprint density at radius 2 is 1.76 bits per heavy atom. The maximum Gasteiger partial charge on any atom is 0.293 e. The maximum absolute atomic E-state index is 13.1. The van der Waals surface area contributed by atoms with Crippen LogP contribution in [0.3, 0.4) is 0 Å². The van der Waals surface area contributed by atoms with Crippen LogP contribution in [-0.2, 0) is 9.59 Å². The summed E-state index contributed by atoms with van der Waals surface area (Å²) in [5.74, 6) is 0.824. The minimum Gasteiger partial charge on any atom is -0.491 e. The highest BCUT2D eigenvalue weighted by Gasteiger charge is 2.35. The van der Waals surface area contributed by atoms with E-state index in [9.17, 15) is 14.4 Å². The highest BCUT2D eigenvalue weighted by atomic mass is 127. The molecule has 11 heteroatoms. The van der Waals surface area contributed by atoms with Crippen molar-refractivity contribution < 1.29 is 28.6 Å². The van der Waals surface area contributed by atoms with Crippen LogP contribution in [0.1, 0.15) is 29.2 Å². The monoisotopic (exact) mass is 720 g/mol. The van der Waals surface area contributed by atoms with Crippen LogP contribution in [0.15, 0.2) is 53.4 Å². The van der Waals surface area contributed by atoms with Gasteiger partial charge in [0.2, 0.25) is 0 Å². The first-order valence-electron chi connectivity index (χ1n) is 13.2. The number of anilines is 1. The molecule has 3 aromatic rings. The fraction of sp³-hybridized carbons (Fsp3) is 0.258. The number of aryl methyl sites for hydroxylation is 3. The number of carbonyl (C=O) groups is 3. The highest BCUT2D eigenvalue weighted by molar-refractivity contribution is 14.1. The number of benzene rings is 3. The second-order valence-electron chi connectivity index (χ2n) is 9.51. The van der Waals surface area contributed by atoms with E-state index in [1.54, 1.807) is 30.3 Å². The normalized spacial score (nSPS) is 14.0. The summed E-state index contributed by atoms with van der Waals surface area (Å²) in [4.78, 5) is 39.7. The number of carbonyl (C=O) groups excluding carboxylic acids is 3. The van der Waals surface area contributed by atoms with Gasteiger partial charge in [0.05, 0.1) is 21.6 Å². The average Bonchev–Trinajstić information content (AvgIpc) is 3.19. The van der Waals surface area contributed by atoms with Gasteiger partial charge in [0.15, 0.2) is 18.1 Å². The van der Waals surface area contributed by atoms with Gasteiger partial charge in [0, 0.05) is 10.7 Å². The molecule has 0 atom stereocenters. The summed E-state index contributed by atoms with van der Waals surface area (Å²) in [6.07, 6.45) is 1.65. The molecule has 1 heterocycles. The molecule has 0 bridgehead atoms. The number of rotatable bonds is 11. The number of nitrogens with one attached hydrogen (secondary N) is 1. The van der Waals surface area contributed by atoms with Crippen molar-refractivity contribution in [3.63, 3.8) is 0 Å². The molecule has 0 radical (unpaired) electrons. The molecule has 3 aromatic carbocycles. The summed E-state index contributed by atoms with van der Waals surface area (Å²) in [5, 5.41) is 2.97. The molecule has 3 amide bonds. The van der Waals surface area contributed by atoms with Gasteiger partial charge in [-0.2, -0.15) is 0 Å². The molecule has 0 saturated carbocycles. The van der Waals surface area contributed by atoms with Crippen molar-refractivity contribution >= 4 is 74.8 Å². The Labute approximate surface area is 267 Å². The maximum atomic E-state index is 13.1. The van der Waals surface area contributed by atoms with Crippen molar-refractivity contribution in [2.45, 2.75) is 27.7 Å². The first kappa shape index (κ1) is 31.7. The van der Waals surface area contributed by atoms with Gasteiger partial charge in [-0.1, -0.05) is 29.8 Å². The molecule has 1 aliphatic heterocycles. The quantitative estimate of drug-likeness (QED) is 0.163. The van der Waals surface area contributed by atoms with Crippen LogP contribution in [-0.4, -0.2) is 48.3 Å². The van der Waals surface area contributed by atoms with Gasteiger partial charge in [-0.15, -0.1) is 0 Å². The predicted octanol–water partition coefficient (Wildman–Crippen LogP) is 7.40. The van der Waals surface area contributed by atoms with E-state index >= 15 is 0 Å². The van der Waals surface area contributed by atoms with E-state index in [0.717, 1.165) is 34.2 Å². The summed E-state index contributed by atoms with van der Waals surface area (Å²) < 4.78 is 18.2. The van der Waals surface area contributed by atoms with Crippen molar-refractivity contribution in [1.29, 1.82) is 0 Å². The van der Waals surface area contributed by atoms with Gasteiger partial charge >= 0.3 is 0 Å². The number of thioether (sulfide) groups is 1. The lowest BCUT2D eigenvalue weighted by molar-refractivity contribution is -0.123. The van der Waals surface area contributed by atoms with Crippen molar-refractivity contribution in [1.82, 2.24) is 4.90 Å². The lowest BCUT2D eigenvalue weighted by atomic mass is 10.1. The van der Waals surface area contributed by atoms with Crippen molar-refractivity contribution in [2.75, 3.05) is 31.7 Å². The van der Waals surface area contributed by atoms with Gasteiger partial charge < -0.3 is 19.5 Å². The summed E-state index contributed by atoms with van der Waals surface area (Å²) in [7, 11) is 0. The molecule has 1 aliphatic rings. The van der Waals surface area contributed by atoms with E-state index in [4.69, 9.17) is 25.8 Å². The second-order valence-corrected chi connectivity index (χ2v) is 12.1. The third-order valence-corrected chi connectivity index (χ3v) is 8.34. The van der Waals surface area contributed by atoms with Gasteiger partial charge in [-0.25, -0.2) is 0 Å². The Morgan fingerprint density at radius 1 is 1.00 bits per heavy atom. The Morgan fingerprint density at radius 3 is 2.50 bits per heavy atom. The van der Waals surface area contributed by atoms with Crippen LogP contribution in [0.2, 0.25) is 5.02 Å². The smallest absolute Gasteiger partial charge is 0.293 e. The molecule has 42 heavy (non-hydrogen) atoms. The molecule has 1 fully saturated rings. The molecule has 0 spiro atoms. The molecule has 8 nitrogen and oxygen atoms in total. The number of ether oxygens (including phenoxy) is 3. The average molecular weight is 721 g/mol. The van der Waals surface area contributed by atoms with Gasteiger partial charge in [-0.3, -0.25) is 19.3 Å². The Balaban J connectivity index is 1.42. The molecule has 1 N–H and O–H groups in total. The Kier molecular flexibility index (Phi) is 10.8. The number of halogens is 2. The number of amides is 3. The van der Waals surface area contributed by atoms with Gasteiger partial charge in [-0.05, 0) is 121 Å². The number of imide groups is 1. The zero-order chi connectivity index (χ0) is 30.4. The van der Waals surface area contributed by atoms with Crippen LogP contribution in [0.25, 0.3) is 6.08 Å². The van der Waals surface area contributed by atoms with E-state index in [1.165, 1.54) is 4.90 Å².